The predicted octanol–water partition coefficient (Wildman–Crippen LogP) is 0.0138. The molecule has 24 heavy (non-hydrogen) atoms. The summed E-state index contributed by atoms with van der Waals surface area (Å²) in [7, 11) is 0. The van der Waals surface area contributed by atoms with Crippen LogP contribution >= 0.6 is 0 Å². The molecule has 0 aromatic heterocycles. The summed E-state index contributed by atoms with van der Waals surface area (Å²) in [4.78, 5) is 22.1. The van der Waals surface area contributed by atoms with Gasteiger partial charge in [0.1, 0.15) is 26.2 Å². The molecule has 2 N–H and O–H groups in total. The number of nitrogens with one attached hydrogen (secondary N) is 2. The van der Waals surface area contributed by atoms with Gasteiger partial charge >= 0.3 is 0 Å². The summed E-state index contributed by atoms with van der Waals surface area (Å²) in [5.74, 6) is -0.491. The lowest BCUT2D eigenvalue weighted by atomic mass is 10.2. The molecule has 1 fully saturated rings. The quantitative estimate of drug-likeness (QED) is 0.253. The van der Waals surface area contributed by atoms with Crippen molar-refractivity contribution in [3.05, 3.63) is 35.7 Å². The number of hydrogen-bond acceptors (Lipinski definition) is 4. The van der Waals surface area contributed by atoms with Gasteiger partial charge in [-0.3, -0.25) is 9.59 Å². The van der Waals surface area contributed by atoms with Crippen LogP contribution in [0, 0.1) is 10.4 Å². The Morgan fingerprint density at radius 3 is 1.46 bits per heavy atom. The zero-order chi connectivity index (χ0) is 18.1. The molecule has 2 amide bonds. The van der Waals surface area contributed by atoms with Crippen LogP contribution in [0.4, 0.5) is 0 Å². The fourth-order valence-electron chi connectivity index (χ4n) is 2.70. The predicted molar refractivity (Wildman–Crippen MR) is 92.1 cm³/mol. The summed E-state index contributed by atoms with van der Waals surface area (Å²) in [5, 5.41) is 30.4. The number of amides is 2. The molecule has 1 rings (SSSR count). The Labute approximate surface area is 143 Å². The molecule has 8 nitrogen and oxygen atoms in total. The van der Waals surface area contributed by atoms with Crippen molar-refractivity contribution < 1.29 is 18.9 Å². The lowest BCUT2D eigenvalue weighted by molar-refractivity contribution is -0.989. The number of nitrogens with zero attached hydrogens (tertiary/aromatic N) is 2. The maximum atomic E-state index is 12.6. The van der Waals surface area contributed by atoms with Crippen LogP contribution in [-0.2, 0) is 9.59 Å². The van der Waals surface area contributed by atoms with Crippen LogP contribution in [-0.4, -0.2) is 73.5 Å². The number of rotatable bonds is 10. The van der Waals surface area contributed by atoms with Gasteiger partial charge in [-0.2, -0.15) is 0 Å². The zero-order valence-electron chi connectivity index (χ0n) is 14.2. The average molecular weight is 340 g/mol. The number of hydrogen-bond donors (Lipinski definition) is 2. The third-order valence-corrected chi connectivity index (χ3v) is 4.28. The van der Waals surface area contributed by atoms with Crippen LogP contribution in [0.1, 0.15) is 12.8 Å². The summed E-state index contributed by atoms with van der Waals surface area (Å²) < 4.78 is -0.751. The fourth-order valence-corrected chi connectivity index (χ4v) is 2.70. The molecule has 1 heterocycles. The summed E-state index contributed by atoms with van der Waals surface area (Å²) >= 11 is 0. The van der Waals surface area contributed by atoms with Gasteiger partial charge in [-0.05, 0) is 12.2 Å². The van der Waals surface area contributed by atoms with Gasteiger partial charge < -0.3 is 30.3 Å². The normalized spacial score (nSPS) is 26.4. The van der Waals surface area contributed by atoms with Crippen molar-refractivity contribution in [2.45, 2.75) is 12.8 Å². The lowest BCUT2D eigenvalue weighted by Crippen LogP contribution is -2.63. The number of hydroxylamine groups is 6. The van der Waals surface area contributed by atoms with E-state index in [1.54, 1.807) is 0 Å². The first-order valence-electron chi connectivity index (χ1n) is 8.27. The maximum Gasteiger partial charge on any atom is 0.243 e. The molecule has 1 aliphatic rings. The third-order valence-electron chi connectivity index (χ3n) is 4.28. The van der Waals surface area contributed by atoms with E-state index < -0.39 is 0 Å². The van der Waals surface area contributed by atoms with Crippen molar-refractivity contribution in [3.8, 4) is 0 Å². The van der Waals surface area contributed by atoms with Gasteiger partial charge in [0, 0.05) is 25.9 Å². The molecule has 0 aliphatic carbocycles. The molecule has 8 heteroatoms. The summed E-state index contributed by atoms with van der Waals surface area (Å²) in [6, 6.07) is 0. The van der Waals surface area contributed by atoms with E-state index in [-0.39, 0.29) is 47.3 Å². The van der Waals surface area contributed by atoms with Crippen LogP contribution in [0.15, 0.2) is 25.3 Å². The monoisotopic (exact) mass is 340 g/mol. The van der Waals surface area contributed by atoms with Crippen LogP contribution in [0.3, 0.4) is 0 Å². The van der Waals surface area contributed by atoms with Gasteiger partial charge in [0.15, 0.2) is 0 Å². The van der Waals surface area contributed by atoms with E-state index in [4.69, 9.17) is 0 Å². The number of carbonyl (C=O) groups excluding carboxylic acids is 2. The van der Waals surface area contributed by atoms with Gasteiger partial charge in [0.2, 0.25) is 11.8 Å². The molecule has 136 valence electrons. The summed E-state index contributed by atoms with van der Waals surface area (Å²) in [5.41, 5.74) is 0. The highest BCUT2D eigenvalue weighted by Crippen LogP contribution is 2.18. The standard InChI is InChI=1S/C16H28N4O4/c1-3-15(21)17-7-5-9-19(23)11-13-20(24,14-12-19)10-6-8-18-16(22)4-2/h3-4H,1-2,5-14H2,(H,17,21)(H,18,22). The van der Waals surface area contributed by atoms with Gasteiger partial charge in [-0.15, -0.1) is 0 Å². The second-order valence-electron chi connectivity index (χ2n) is 6.16. The molecular formula is C16H28N4O4. The molecule has 0 aromatic carbocycles. The fraction of sp³-hybridized carbons (Fsp3) is 0.625. The first-order chi connectivity index (χ1) is 11.3. The molecule has 0 saturated carbocycles. The van der Waals surface area contributed by atoms with Gasteiger partial charge in [-0.1, -0.05) is 13.2 Å². The maximum absolute atomic E-state index is 12.6. The highest BCUT2D eigenvalue weighted by molar-refractivity contribution is 5.87. The Morgan fingerprint density at radius 1 is 0.833 bits per heavy atom. The van der Waals surface area contributed by atoms with Crippen molar-refractivity contribution >= 4 is 11.8 Å². The van der Waals surface area contributed by atoms with E-state index in [2.05, 4.69) is 23.8 Å². The minimum atomic E-state index is -0.376. The van der Waals surface area contributed by atoms with Gasteiger partial charge in [0.05, 0.1) is 13.1 Å². The van der Waals surface area contributed by atoms with E-state index >= 15 is 0 Å². The van der Waals surface area contributed by atoms with E-state index in [1.165, 1.54) is 12.2 Å². The van der Waals surface area contributed by atoms with Crippen molar-refractivity contribution in [2.75, 3.05) is 52.4 Å². The van der Waals surface area contributed by atoms with E-state index in [9.17, 15) is 20.0 Å². The van der Waals surface area contributed by atoms with Crippen molar-refractivity contribution in [3.63, 3.8) is 0 Å². The first-order valence-corrected chi connectivity index (χ1v) is 8.27. The minimum Gasteiger partial charge on any atom is -0.632 e. The van der Waals surface area contributed by atoms with E-state index in [0.29, 0.717) is 39.0 Å². The Hall–Kier alpha value is -1.74. The zero-order valence-corrected chi connectivity index (χ0v) is 14.2. The molecule has 0 aromatic rings. The highest BCUT2D eigenvalue weighted by Gasteiger charge is 2.31. The van der Waals surface area contributed by atoms with Gasteiger partial charge in [-0.25, -0.2) is 0 Å². The molecule has 0 atom stereocenters. The molecule has 0 unspecified atom stereocenters. The Morgan fingerprint density at radius 2 is 1.17 bits per heavy atom. The molecule has 0 radical (unpaired) electrons. The lowest BCUT2D eigenvalue weighted by Gasteiger charge is -2.54. The second kappa shape index (κ2) is 9.53. The molecule has 1 aliphatic heterocycles. The van der Waals surface area contributed by atoms with Crippen LogP contribution in [0.2, 0.25) is 0 Å². The van der Waals surface area contributed by atoms with Crippen molar-refractivity contribution in [1.82, 2.24) is 10.6 Å². The Kier molecular flexibility index (Phi) is 8.06. The third kappa shape index (κ3) is 7.22. The van der Waals surface area contributed by atoms with Gasteiger partial charge in [0.25, 0.3) is 0 Å². The number of carbonyl (C=O) groups is 2. The molecular weight excluding hydrogens is 312 g/mol. The van der Waals surface area contributed by atoms with Crippen LogP contribution in [0.25, 0.3) is 0 Å². The minimum absolute atomic E-state index is 0.245. The molecule has 0 bridgehead atoms. The van der Waals surface area contributed by atoms with Crippen molar-refractivity contribution in [2.24, 2.45) is 0 Å². The molecule has 1 saturated heterocycles. The summed E-state index contributed by atoms with van der Waals surface area (Å²) in [6.07, 6.45) is 3.55. The average Bonchev–Trinajstić information content (AvgIpc) is 2.58. The van der Waals surface area contributed by atoms with E-state index in [1.807, 2.05) is 0 Å². The first kappa shape index (κ1) is 20.3. The van der Waals surface area contributed by atoms with E-state index in [0.717, 1.165) is 0 Å². The SMILES string of the molecule is C=CC(=O)NCCC[N+]1([O-])CC[N+]([O-])(CCCNC(=O)C=C)CC1. The molecule has 0 spiro atoms. The smallest absolute Gasteiger partial charge is 0.243 e. The number of quaternary nitrogens is 2. The Bertz CT molecular complexity index is 417. The summed E-state index contributed by atoms with van der Waals surface area (Å²) in [6.45, 7) is 9.55. The second-order valence-corrected chi connectivity index (χ2v) is 6.16. The highest BCUT2D eigenvalue weighted by atomic mass is 16.6. The largest absolute Gasteiger partial charge is 0.632 e. The number of piperazine rings is 1. The Balaban J connectivity index is 2.25. The van der Waals surface area contributed by atoms with Crippen LogP contribution in [0.5, 0.6) is 0 Å². The van der Waals surface area contributed by atoms with Crippen LogP contribution < -0.4 is 10.6 Å². The van der Waals surface area contributed by atoms with Crippen molar-refractivity contribution in [1.29, 1.82) is 0 Å². The topological polar surface area (TPSA) is 104 Å².